The lowest BCUT2D eigenvalue weighted by Crippen LogP contribution is -2.44. The number of carbonyl (C=O) groups is 1. The SMILES string of the molecule is COc1cnc(NC(=O)N2CC[C@@]3(CCCN(C)C3)C2)s1. The van der Waals surface area contributed by atoms with Crippen molar-refractivity contribution >= 4 is 22.5 Å². The molecule has 21 heavy (non-hydrogen) atoms. The average Bonchev–Trinajstić information content (AvgIpc) is 3.06. The third-order valence-corrected chi connectivity index (χ3v) is 5.35. The number of ether oxygens (including phenoxy) is 1. The van der Waals surface area contributed by atoms with E-state index >= 15 is 0 Å². The number of amides is 2. The highest BCUT2D eigenvalue weighted by molar-refractivity contribution is 7.17. The second-order valence-corrected chi connectivity index (χ2v) is 7.12. The zero-order valence-electron chi connectivity index (χ0n) is 12.6. The van der Waals surface area contributed by atoms with Gasteiger partial charge in [-0.2, -0.15) is 0 Å². The Hall–Kier alpha value is -1.34. The summed E-state index contributed by atoms with van der Waals surface area (Å²) >= 11 is 1.35. The number of rotatable bonds is 2. The Bertz CT molecular complexity index is 521. The first-order valence-corrected chi connectivity index (χ1v) is 8.16. The van der Waals surface area contributed by atoms with Crippen molar-refractivity contribution in [1.82, 2.24) is 14.8 Å². The molecule has 6 nitrogen and oxygen atoms in total. The van der Waals surface area contributed by atoms with E-state index in [0.717, 1.165) is 26.1 Å². The fourth-order valence-corrected chi connectivity index (χ4v) is 4.10. The van der Waals surface area contributed by atoms with Crippen LogP contribution in [0.3, 0.4) is 0 Å². The summed E-state index contributed by atoms with van der Waals surface area (Å²) in [6, 6.07) is -0.0443. The minimum absolute atomic E-state index is 0.0443. The average molecular weight is 310 g/mol. The van der Waals surface area contributed by atoms with E-state index in [1.807, 2.05) is 4.90 Å². The molecule has 0 bridgehead atoms. The van der Waals surface area contributed by atoms with Crippen molar-refractivity contribution in [2.75, 3.05) is 45.7 Å². The molecule has 0 aliphatic carbocycles. The molecular formula is C14H22N4O2S. The second-order valence-electron chi connectivity index (χ2n) is 6.13. The van der Waals surface area contributed by atoms with Gasteiger partial charge < -0.3 is 14.5 Å². The Labute approximate surface area is 129 Å². The second kappa shape index (κ2) is 5.81. The molecule has 0 unspecified atom stereocenters. The number of aromatic nitrogens is 1. The summed E-state index contributed by atoms with van der Waals surface area (Å²) < 4.78 is 5.09. The van der Waals surface area contributed by atoms with Gasteiger partial charge in [0.2, 0.25) is 0 Å². The molecule has 2 fully saturated rings. The van der Waals surface area contributed by atoms with Crippen molar-refractivity contribution in [2.45, 2.75) is 19.3 Å². The summed E-state index contributed by atoms with van der Waals surface area (Å²) in [5, 5.41) is 4.17. The molecule has 2 saturated heterocycles. The first kappa shape index (κ1) is 14.6. The molecule has 0 aromatic carbocycles. The maximum Gasteiger partial charge on any atom is 0.323 e. The smallest absolute Gasteiger partial charge is 0.323 e. The van der Waals surface area contributed by atoms with E-state index in [2.05, 4.69) is 22.2 Å². The fourth-order valence-electron chi connectivity index (χ4n) is 3.48. The van der Waals surface area contributed by atoms with E-state index in [4.69, 9.17) is 4.74 Å². The van der Waals surface area contributed by atoms with Crippen molar-refractivity contribution in [3.63, 3.8) is 0 Å². The maximum atomic E-state index is 12.3. The number of nitrogens with zero attached hydrogens (tertiary/aromatic N) is 3. The van der Waals surface area contributed by atoms with Gasteiger partial charge in [0.1, 0.15) is 0 Å². The molecular weight excluding hydrogens is 288 g/mol. The van der Waals surface area contributed by atoms with Gasteiger partial charge in [-0.3, -0.25) is 5.32 Å². The van der Waals surface area contributed by atoms with Crippen molar-refractivity contribution in [1.29, 1.82) is 0 Å². The quantitative estimate of drug-likeness (QED) is 0.909. The zero-order valence-corrected chi connectivity index (χ0v) is 13.4. The van der Waals surface area contributed by atoms with Crippen LogP contribution in [-0.4, -0.2) is 61.2 Å². The van der Waals surface area contributed by atoms with Crippen LogP contribution < -0.4 is 10.1 Å². The van der Waals surface area contributed by atoms with Crippen LogP contribution in [0.15, 0.2) is 6.20 Å². The Balaban J connectivity index is 1.59. The number of methoxy groups -OCH3 is 1. The zero-order chi connectivity index (χ0) is 14.9. The normalized spacial score (nSPS) is 26.3. The molecule has 0 saturated carbocycles. The summed E-state index contributed by atoms with van der Waals surface area (Å²) in [6.07, 6.45) is 5.19. The van der Waals surface area contributed by atoms with Crippen molar-refractivity contribution in [2.24, 2.45) is 5.41 Å². The Morgan fingerprint density at radius 2 is 2.29 bits per heavy atom. The van der Waals surface area contributed by atoms with Crippen LogP contribution in [0.25, 0.3) is 0 Å². The largest absolute Gasteiger partial charge is 0.486 e. The number of thiazole rings is 1. The lowest BCUT2D eigenvalue weighted by Gasteiger charge is -2.38. The van der Waals surface area contributed by atoms with Gasteiger partial charge in [0.15, 0.2) is 10.2 Å². The summed E-state index contributed by atoms with van der Waals surface area (Å²) in [7, 11) is 3.77. The first-order valence-electron chi connectivity index (χ1n) is 7.35. The van der Waals surface area contributed by atoms with Gasteiger partial charge in [-0.15, -0.1) is 0 Å². The lowest BCUT2D eigenvalue weighted by molar-refractivity contribution is 0.117. The summed E-state index contributed by atoms with van der Waals surface area (Å²) in [4.78, 5) is 20.8. The molecule has 3 rings (SSSR count). The van der Waals surface area contributed by atoms with Crippen LogP contribution in [0, 0.1) is 5.41 Å². The van der Waals surface area contributed by atoms with Gasteiger partial charge in [-0.05, 0) is 32.9 Å². The van der Waals surface area contributed by atoms with Gasteiger partial charge in [0.25, 0.3) is 0 Å². The number of nitrogens with one attached hydrogen (secondary N) is 1. The van der Waals surface area contributed by atoms with Gasteiger partial charge in [0, 0.05) is 25.0 Å². The molecule has 0 radical (unpaired) electrons. The number of carbonyl (C=O) groups excluding carboxylic acids is 1. The van der Waals surface area contributed by atoms with Crippen molar-refractivity contribution in [3.05, 3.63) is 6.20 Å². The summed E-state index contributed by atoms with van der Waals surface area (Å²) in [5.74, 6) is 0. The lowest BCUT2D eigenvalue weighted by atomic mass is 9.79. The number of piperidine rings is 1. The standard InChI is InChI=1S/C14H22N4O2S/c1-17-6-3-4-14(9-17)5-7-18(10-14)13(19)16-12-15-8-11(20-2)21-12/h8H,3-7,9-10H2,1-2H3,(H,15,16,19)/t14-/m1/s1. The molecule has 116 valence electrons. The van der Waals surface area contributed by atoms with E-state index in [9.17, 15) is 4.79 Å². The molecule has 1 aromatic rings. The third-order valence-electron chi connectivity index (χ3n) is 4.48. The molecule has 2 amide bonds. The highest BCUT2D eigenvalue weighted by atomic mass is 32.1. The monoisotopic (exact) mass is 310 g/mol. The van der Waals surface area contributed by atoms with Gasteiger partial charge in [-0.25, -0.2) is 9.78 Å². The van der Waals surface area contributed by atoms with Crippen LogP contribution in [0.1, 0.15) is 19.3 Å². The number of anilines is 1. The molecule has 7 heteroatoms. The number of likely N-dealkylation sites (tertiary alicyclic amines) is 2. The number of hydrogen-bond acceptors (Lipinski definition) is 5. The summed E-state index contributed by atoms with van der Waals surface area (Å²) in [5.41, 5.74) is 0.297. The van der Waals surface area contributed by atoms with Crippen LogP contribution in [0.5, 0.6) is 5.06 Å². The number of hydrogen-bond donors (Lipinski definition) is 1. The molecule has 1 spiro atoms. The van der Waals surface area contributed by atoms with Gasteiger partial charge in [-0.1, -0.05) is 11.3 Å². The topological polar surface area (TPSA) is 57.7 Å². The van der Waals surface area contributed by atoms with E-state index in [0.29, 0.717) is 15.6 Å². The predicted molar refractivity (Wildman–Crippen MR) is 83.0 cm³/mol. The van der Waals surface area contributed by atoms with Gasteiger partial charge >= 0.3 is 6.03 Å². The van der Waals surface area contributed by atoms with Crippen molar-refractivity contribution < 1.29 is 9.53 Å². The Kier molecular flexibility index (Phi) is 4.03. The summed E-state index contributed by atoms with van der Waals surface area (Å²) in [6.45, 7) is 3.96. The minimum atomic E-state index is -0.0443. The molecule has 1 aromatic heterocycles. The third kappa shape index (κ3) is 3.13. The molecule has 2 aliphatic rings. The maximum absolute atomic E-state index is 12.3. The Morgan fingerprint density at radius 1 is 1.43 bits per heavy atom. The Morgan fingerprint density at radius 3 is 3.00 bits per heavy atom. The number of urea groups is 1. The van der Waals surface area contributed by atoms with E-state index in [1.165, 1.54) is 30.7 Å². The van der Waals surface area contributed by atoms with Crippen LogP contribution in [0.2, 0.25) is 0 Å². The highest BCUT2D eigenvalue weighted by Crippen LogP contribution is 2.38. The van der Waals surface area contributed by atoms with E-state index in [-0.39, 0.29) is 6.03 Å². The van der Waals surface area contributed by atoms with Crippen LogP contribution in [-0.2, 0) is 0 Å². The fraction of sp³-hybridized carbons (Fsp3) is 0.714. The van der Waals surface area contributed by atoms with Crippen LogP contribution in [0.4, 0.5) is 9.93 Å². The van der Waals surface area contributed by atoms with Crippen molar-refractivity contribution in [3.8, 4) is 5.06 Å². The predicted octanol–water partition coefficient (Wildman–Crippen LogP) is 2.10. The van der Waals surface area contributed by atoms with E-state index < -0.39 is 0 Å². The highest BCUT2D eigenvalue weighted by Gasteiger charge is 2.42. The minimum Gasteiger partial charge on any atom is -0.486 e. The van der Waals surface area contributed by atoms with Gasteiger partial charge in [0.05, 0.1) is 13.3 Å². The molecule has 1 N–H and O–H groups in total. The molecule has 2 aliphatic heterocycles. The van der Waals surface area contributed by atoms with Crippen LogP contribution >= 0.6 is 11.3 Å². The van der Waals surface area contributed by atoms with E-state index in [1.54, 1.807) is 13.3 Å². The first-order chi connectivity index (χ1) is 10.1. The molecule has 3 heterocycles. The molecule has 1 atom stereocenters.